The summed E-state index contributed by atoms with van der Waals surface area (Å²) in [5.74, 6) is -3.59. The summed E-state index contributed by atoms with van der Waals surface area (Å²) in [4.78, 5) is 1.79. The predicted molar refractivity (Wildman–Crippen MR) is 157 cm³/mol. The Morgan fingerprint density at radius 3 is 2.21 bits per heavy atom. The van der Waals surface area contributed by atoms with E-state index < -0.39 is 18.5 Å². The van der Waals surface area contributed by atoms with E-state index in [-0.39, 0.29) is 18.7 Å². The highest BCUT2D eigenvalue weighted by molar-refractivity contribution is 6.00. The maximum atomic E-state index is 13.0. The molecule has 0 amide bonds. The minimum absolute atomic E-state index is 0.197. The van der Waals surface area contributed by atoms with Gasteiger partial charge in [0.1, 0.15) is 11.5 Å². The Morgan fingerprint density at radius 1 is 0.786 bits per heavy atom. The lowest BCUT2D eigenvalue weighted by atomic mass is 9.88. The molecular weight excluding hydrogens is 549 g/mol. The van der Waals surface area contributed by atoms with Gasteiger partial charge in [0.15, 0.2) is 0 Å². The number of allylic oxidation sites excluding steroid dienone is 1. The largest absolute Gasteiger partial charge is 0.508 e. The summed E-state index contributed by atoms with van der Waals surface area (Å²) in [5, 5.41) is 10.1. The fourth-order valence-corrected chi connectivity index (χ4v) is 5.42. The zero-order chi connectivity index (χ0) is 30.2. The van der Waals surface area contributed by atoms with Crippen LogP contribution in [0, 0.1) is 0 Å². The fourth-order valence-electron chi connectivity index (χ4n) is 5.42. The molecule has 3 nitrogen and oxygen atoms in total. The molecule has 0 heterocycles. The highest BCUT2D eigenvalue weighted by Crippen LogP contribution is 2.41. The molecule has 226 valence electrons. The maximum absolute atomic E-state index is 13.0. The fraction of sp³-hybridized carbons (Fsp3) is 0.412. The van der Waals surface area contributed by atoms with E-state index in [1.165, 1.54) is 16.7 Å². The molecule has 4 rings (SSSR count). The molecule has 0 spiro atoms. The van der Waals surface area contributed by atoms with Crippen molar-refractivity contribution in [3.8, 4) is 11.5 Å². The number of fused-ring (bicyclic) bond motifs is 1. The van der Waals surface area contributed by atoms with Crippen LogP contribution >= 0.6 is 0 Å². The Morgan fingerprint density at radius 2 is 1.50 bits per heavy atom. The molecule has 1 aliphatic carbocycles. The van der Waals surface area contributed by atoms with E-state index in [0.29, 0.717) is 13.2 Å². The SMILES string of the molecule is CN(CCCCCOc1ccc(C2=C(c3ccccc3)CCCc3cc(O)ccc32)cc1)CCCC(F)(F)C(F)(F)F. The first kappa shape index (κ1) is 31.5. The number of nitrogens with zero attached hydrogens (tertiary/aromatic N) is 1. The Kier molecular flexibility index (Phi) is 10.7. The number of alkyl halides is 5. The summed E-state index contributed by atoms with van der Waals surface area (Å²) in [6, 6.07) is 24.1. The maximum Gasteiger partial charge on any atom is 0.453 e. The van der Waals surface area contributed by atoms with Crippen molar-refractivity contribution in [1.82, 2.24) is 4.90 Å². The molecule has 42 heavy (non-hydrogen) atoms. The number of rotatable bonds is 13. The third-order valence-corrected chi connectivity index (χ3v) is 7.70. The van der Waals surface area contributed by atoms with Crippen molar-refractivity contribution < 1.29 is 31.8 Å². The molecule has 0 radical (unpaired) electrons. The van der Waals surface area contributed by atoms with Crippen LogP contribution in [0.5, 0.6) is 11.5 Å². The van der Waals surface area contributed by atoms with Gasteiger partial charge < -0.3 is 14.7 Å². The van der Waals surface area contributed by atoms with Gasteiger partial charge in [0, 0.05) is 6.42 Å². The quantitative estimate of drug-likeness (QED) is 0.160. The molecule has 0 saturated heterocycles. The Hall–Kier alpha value is -3.39. The Balaban J connectivity index is 1.30. The highest BCUT2D eigenvalue weighted by atomic mass is 19.4. The summed E-state index contributed by atoms with van der Waals surface area (Å²) >= 11 is 0. The van der Waals surface area contributed by atoms with E-state index in [0.717, 1.165) is 61.0 Å². The van der Waals surface area contributed by atoms with E-state index in [1.807, 2.05) is 30.3 Å². The molecule has 0 saturated carbocycles. The molecule has 3 aromatic rings. The molecular formula is C34H38F5NO2. The standard InChI is InChI=1S/C34H38F5NO2/c1-40(22-9-20-33(35,36)34(37,38)39)21-6-3-7-23-42-29-17-14-26(15-18-29)32-30(25-10-4-2-5-11-25)13-8-12-27-24-28(41)16-19-31(27)32/h2,4-5,10-11,14-19,24,41H,3,6-9,12-13,20-23H2,1H3. The molecule has 3 aromatic carbocycles. The van der Waals surface area contributed by atoms with Gasteiger partial charge in [-0.2, -0.15) is 22.0 Å². The van der Waals surface area contributed by atoms with Gasteiger partial charge in [-0.15, -0.1) is 0 Å². The van der Waals surface area contributed by atoms with Crippen LogP contribution in [0.1, 0.15) is 67.2 Å². The third-order valence-electron chi connectivity index (χ3n) is 7.70. The van der Waals surface area contributed by atoms with E-state index in [2.05, 4.69) is 36.4 Å². The smallest absolute Gasteiger partial charge is 0.453 e. The first-order chi connectivity index (χ1) is 20.0. The number of unbranched alkanes of at least 4 members (excludes halogenated alkanes) is 2. The minimum atomic E-state index is -5.49. The van der Waals surface area contributed by atoms with Crippen LogP contribution in [0.25, 0.3) is 11.1 Å². The zero-order valence-corrected chi connectivity index (χ0v) is 23.9. The topological polar surface area (TPSA) is 32.7 Å². The number of phenolic OH excluding ortho intramolecular Hbond substituents is 1. The van der Waals surface area contributed by atoms with Gasteiger partial charge in [-0.05, 0) is 123 Å². The lowest BCUT2D eigenvalue weighted by Gasteiger charge is -2.21. The predicted octanol–water partition coefficient (Wildman–Crippen LogP) is 9.15. The van der Waals surface area contributed by atoms with E-state index >= 15 is 0 Å². The summed E-state index contributed by atoms with van der Waals surface area (Å²) < 4.78 is 68.9. The van der Waals surface area contributed by atoms with E-state index in [4.69, 9.17) is 4.74 Å². The molecule has 1 aliphatic rings. The van der Waals surface area contributed by atoms with Crippen molar-refractivity contribution >= 4 is 11.1 Å². The van der Waals surface area contributed by atoms with Gasteiger partial charge >= 0.3 is 12.1 Å². The average Bonchev–Trinajstić information content (AvgIpc) is 3.14. The number of phenols is 1. The van der Waals surface area contributed by atoms with Crippen molar-refractivity contribution in [2.75, 3.05) is 26.7 Å². The lowest BCUT2D eigenvalue weighted by molar-refractivity contribution is -0.284. The van der Waals surface area contributed by atoms with E-state index in [9.17, 15) is 27.1 Å². The molecule has 0 atom stereocenters. The molecule has 0 unspecified atom stereocenters. The van der Waals surface area contributed by atoms with Crippen molar-refractivity contribution in [3.63, 3.8) is 0 Å². The number of hydrogen-bond acceptors (Lipinski definition) is 3. The van der Waals surface area contributed by atoms with Gasteiger partial charge in [-0.3, -0.25) is 0 Å². The number of aromatic hydroxyl groups is 1. The van der Waals surface area contributed by atoms with Crippen LogP contribution in [0.4, 0.5) is 22.0 Å². The summed E-state index contributed by atoms with van der Waals surface area (Å²) in [6.45, 7) is 1.36. The van der Waals surface area contributed by atoms with E-state index in [1.54, 1.807) is 18.0 Å². The first-order valence-corrected chi connectivity index (χ1v) is 14.5. The molecule has 1 N–H and O–H groups in total. The molecule has 0 fully saturated rings. The summed E-state index contributed by atoms with van der Waals surface area (Å²) in [6.07, 6.45) is -1.58. The second-order valence-corrected chi connectivity index (χ2v) is 11.0. The molecule has 0 aromatic heterocycles. The van der Waals surface area contributed by atoms with Crippen molar-refractivity contribution in [1.29, 1.82) is 0 Å². The second kappa shape index (κ2) is 14.2. The molecule has 8 heteroatoms. The summed E-state index contributed by atoms with van der Waals surface area (Å²) in [5.41, 5.74) is 7.02. The number of hydrogen-bond donors (Lipinski definition) is 1. The number of benzene rings is 3. The van der Waals surface area contributed by atoms with Gasteiger partial charge in [-0.25, -0.2) is 0 Å². The van der Waals surface area contributed by atoms with Crippen LogP contribution in [0.3, 0.4) is 0 Å². The normalized spacial score (nSPS) is 14.2. The van der Waals surface area contributed by atoms with Crippen LogP contribution in [-0.4, -0.2) is 48.8 Å². The van der Waals surface area contributed by atoms with Gasteiger partial charge in [0.25, 0.3) is 0 Å². The molecule has 0 bridgehead atoms. The van der Waals surface area contributed by atoms with Crippen LogP contribution in [-0.2, 0) is 6.42 Å². The average molecular weight is 588 g/mol. The second-order valence-electron chi connectivity index (χ2n) is 11.0. The van der Waals surface area contributed by atoms with Crippen molar-refractivity contribution in [2.45, 2.75) is 63.5 Å². The van der Waals surface area contributed by atoms with Crippen LogP contribution in [0.2, 0.25) is 0 Å². The highest BCUT2D eigenvalue weighted by Gasteiger charge is 2.56. The third kappa shape index (κ3) is 8.34. The van der Waals surface area contributed by atoms with Gasteiger partial charge in [-0.1, -0.05) is 48.5 Å². The number of halogens is 5. The Bertz CT molecular complexity index is 1320. The van der Waals surface area contributed by atoms with Gasteiger partial charge in [0.05, 0.1) is 6.61 Å². The van der Waals surface area contributed by atoms with Crippen molar-refractivity contribution in [2.24, 2.45) is 0 Å². The first-order valence-electron chi connectivity index (χ1n) is 14.5. The van der Waals surface area contributed by atoms with Gasteiger partial charge in [0.2, 0.25) is 0 Å². The molecule has 0 aliphatic heterocycles. The van der Waals surface area contributed by atoms with Crippen LogP contribution in [0.15, 0.2) is 72.8 Å². The minimum Gasteiger partial charge on any atom is -0.508 e. The zero-order valence-electron chi connectivity index (χ0n) is 23.9. The number of aryl methyl sites for hydroxylation is 1. The lowest BCUT2D eigenvalue weighted by Crippen LogP contribution is -2.37. The monoisotopic (exact) mass is 587 g/mol. The van der Waals surface area contributed by atoms with Crippen molar-refractivity contribution in [3.05, 3.63) is 95.1 Å². The Labute approximate surface area is 244 Å². The number of ether oxygens (including phenoxy) is 1. The summed E-state index contributed by atoms with van der Waals surface area (Å²) in [7, 11) is 1.73. The van der Waals surface area contributed by atoms with Crippen LogP contribution < -0.4 is 4.74 Å².